The molecule has 2 aromatic rings. The van der Waals surface area contributed by atoms with Crippen LogP contribution in [0.2, 0.25) is 5.02 Å². The molecule has 0 bridgehead atoms. The number of hydrogen-bond donors (Lipinski definition) is 1. The number of nitrogens with zero attached hydrogens (tertiary/aromatic N) is 4. The number of carbonyl (C=O) groups is 2. The van der Waals surface area contributed by atoms with Crippen LogP contribution in [-0.2, 0) is 4.79 Å². The van der Waals surface area contributed by atoms with E-state index in [1.165, 1.54) is 4.90 Å². The number of halogens is 1. The molecule has 1 atom stereocenters. The predicted molar refractivity (Wildman–Crippen MR) is 90.9 cm³/mol. The third kappa shape index (κ3) is 3.90. The molecular formula is C16H18ClN5O3. The van der Waals surface area contributed by atoms with E-state index in [1.54, 1.807) is 43.1 Å². The Balaban J connectivity index is 1.63. The molecule has 0 unspecified atom stereocenters. The van der Waals surface area contributed by atoms with E-state index in [-0.39, 0.29) is 18.5 Å². The average Bonchev–Trinajstić information content (AvgIpc) is 3.08. The topological polar surface area (TPSA) is 91.6 Å². The fourth-order valence-electron chi connectivity index (χ4n) is 2.40. The number of carbonyl (C=O) groups excluding carboxylic acids is 2. The van der Waals surface area contributed by atoms with Crippen molar-refractivity contribution in [3.63, 3.8) is 0 Å². The highest BCUT2D eigenvalue weighted by Gasteiger charge is 2.26. The second-order valence-electron chi connectivity index (χ2n) is 5.87. The number of benzene rings is 1. The van der Waals surface area contributed by atoms with Crippen LogP contribution in [0.1, 0.15) is 18.9 Å². The van der Waals surface area contributed by atoms with Gasteiger partial charge in [0.2, 0.25) is 17.6 Å². The summed E-state index contributed by atoms with van der Waals surface area (Å²) in [5.41, 5.74) is 0.766. The van der Waals surface area contributed by atoms with Gasteiger partial charge in [0.25, 0.3) is 0 Å². The summed E-state index contributed by atoms with van der Waals surface area (Å²) in [7, 11) is 1.72. The van der Waals surface area contributed by atoms with Crippen molar-refractivity contribution < 1.29 is 14.1 Å². The van der Waals surface area contributed by atoms with Crippen LogP contribution in [0.4, 0.5) is 4.79 Å². The van der Waals surface area contributed by atoms with E-state index in [4.69, 9.17) is 16.1 Å². The first kappa shape index (κ1) is 17.2. The number of urea groups is 1. The Labute approximate surface area is 149 Å². The smallest absolute Gasteiger partial charge is 0.318 e. The summed E-state index contributed by atoms with van der Waals surface area (Å²) in [6.07, 6.45) is 0. The summed E-state index contributed by atoms with van der Waals surface area (Å²) in [5, 5.41) is 7.32. The van der Waals surface area contributed by atoms with Gasteiger partial charge in [-0.1, -0.05) is 16.8 Å². The van der Waals surface area contributed by atoms with Crippen LogP contribution < -0.4 is 5.32 Å². The van der Waals surface area contributed by atoms with Crippen molar-refractivity contribution in [1.82, 2.24) is 25.3 Å². The Hall–Kier alpha value is -2.61. The summed E-state index contributed by atoms with van der Waals surface area (Å²) in [4.78, 5) is 31.4. The van der Waals surface area contributed by atoms with E-state index in [1.807, 2.05) is 0 Å². The van der Waals surface area contributed by atoms with Crippen molar-refractivity contribution in [1.29, 1.82) is 0 Å². The van der Waals surface area contributed by atoms with Crippen molar-refractivity contribution in [2.75, 3.05) is 26.7 Å². The first-order valence-electron chi connectivity index (χ1n) is 7.83. The summed E-state index contributed by atoms with van der Waals surface area (Å²) >= 11 is 5.86. The van der Waals surface area contributed by atoms with E-state index in [0.29, 0.717) is 29.8 Å². The Bertz CT molecular complexity index is 776. The van der Waals surface area contributed by atoms with Crippen LogP contribution >= 0.6 is 11.6 Å². The number of likely N-dealkylation sites (N-methyl/N-ethyl adjacent to an activating group) is 1. The van der Waals surface area contributed by atoms with Crippen molar-refractivity contribution >= 4 is 23.5 Å². The molecule has 1 fully saturated rings. The van der Waals surface area contributed by atoms with Crippen molar-refractivity contribution in [3.8, 4) is 11.4 Å². The van der Waals surface area contributed by atoms with Gasteiger partial charge in [-0.2, -0.15) is 4.98 Å². The van der Waals surface area contributed by atoms with Gasteiger partial charge in [0.15, 0.2) is 0 Å². The van der Waals surface area contributed by atoms with Gasteiger partial charge in [0.1, 0.15) is 12.6 Å². The third-order valence-electron chi connectivity index (χ3n) is 4.00. The van der Waals surface area contributed by atoms with Gasteiger partial charge in [-0.25, -0.2) is 4.79 Å². The van der Waals surface area contributed by atoms with Gasteiger partial charge in [0, 0.05) is 30.7 Å². The number of aromatic nitrogens is 2. The van der Waals surface area contributed by atoms with Crippen molar-refractivity contribution in [3.05, 3.63) is 35.2 Å². The van der Waals surface area contributed by atoms with Crippen LogP contribution in [0.25, 0.3) is 11.4 Å². The molecule has 1 aliphatic heterocycles. The highest BCUT2D eigenvalue weighted by atomic mass is 35.5. The maximum atomic E-state index is 12.3. The average molecular weight is 364 g/mol. The van der Waals surface area contributed by atoms with E-state index in [2.05, 4.69) is 15.5 Å². The standard InChI is InChI=1S/C16H18ClN5O3/c1-10(18-16(24)22-8-7-21(2)13(23)9-22)15-19-14(20-25-15)11-3-5-12(17)6-4-11/h3-6,10H,7-9H2,1-2H3,(H,18,24)/t10-/m0/s1. The van der Waals surface area contributed by atoms with Crippen LogP contribution in [0, 0.1) is 0 Å². The second-order valence-corrected chi connectivity index (χ2v) is 6.31. The molecule has 1 saturated heterocycles. The van der Waals surface area contributed by atoms with Crippen molar-refractivity contribution in [2.24, 2.45) is 0 Å². The molecule has 9 heteroatoms. The van der Waals surface area contributed by atoms with Crippen LogP contribution in [0.3, 0.4) is 0 Å². The number of nitrogens with one attached hydrogen (secondary N) is 1. The lowest BCUT2D eigenvalue weighted by atomic mass is 10.2. The zero-order valence-corrected chi connectivity index (χ0v) is 14.7. The van der Waals surface area contributed by atoms with Gasteiger partial charge in [-0.15, -0.1) is 0 Å². The number of piperazine rings is 1. The Morgan fingerprint density at radius 1 is 1.32 bits per heavy atom. The first-order valence-corrected chi connectivity index (χ1v) is 8.21. The highest BCUT2D eigenvalue weighted by Crippen LogP contribution is 2.20. The van der Waals surface area contributed by atoms with Gasteiger partial charge in [0.05, 0.1) is 0 Å². The van der Waals surface area contributed by atoms with E-state index < -0.39 is 6.04 Å². The maximum absolute atomic E-state index is 12.3. The summed E-state index contributed by atoms with van der Waals surface area (Å²) < 4.78 is 5.23. The molecule has 25 heavy (non-hydrogen) atoms. The van der Waals surface area contributed by atoms with Gasteiger partial charge in [-0.3, -0.25) is 4.79 Å². The minimum Gasteiger partial charge on any atom is -0.342 e. The number of hydrogen-bond acceptors (Lipinski definition) is 5. The molecule has 3 rings (SSSR count). The Kier molecular flexibility index (Phi) is 4.89. The lowest BCUT2D eigenvalue weighted by molar-refractivity contribution is -0.133. The first-order chi connectivity index (χ1) is 11.9. The fourth-order valence-corrected chi connectivity index (χ4v) is 2.52. The molecule has 3 amide bonds. The molecule has 1 aromatic carbocycles. The quantitative estimate of drug-likeness (QED) is 0.899. The summed E-state index contributed by atoms with van der Waals surface area (Å²) in [6, 6.07) is 6.24. The van der Waals surface area contributed by atoms with Gasteiger partial charge in [-0.05, 0) is 31.2 Å². The number of amides is 3. The van der Waals surface area contributed by atoms with Crippen LogP contribution in [0.15, 0.2) is 28.8 Å². The van der Waals surface area contributed by atoms with Crippen LogP contribution in [0.5, 0.6) is 0 Å². The summed E-state index contributed by atoms with van der Waals surface area (Å²) in [5.74, 6) is 0.623. The Morgan fingerprint density at radius 3 is 2.72 bits per heavy atom. The van der Waals surface area contributed by atoms with Gasteiger partial charge < -0.3 is 19.6 Å². The molecule has 0 aliphatic carbocycles. The largest absolute Gasteiger partial charge is 0.342 e. The maximum Gasteiger partial charge on any atom is 0.318 e. The zero-order chi connectivity index (χ0) is 18.0. The minimum atomic E-state index is -0.476. The number of rotatable bonds is 3. The predicted octanol–water partition coefficient (Wildman–Crippen LogP) is 1.93. The van der Waals surface area contributed by atoms with Gasteiger partial charge >= 0.3 is 6.03 Å². The molecule has 2 heterocycles. The van der Waals surface area contributed by atoms with Crippen LogP contribution in [-0.4, -0.2) is 58.6 Å². The molecule has 1 N–H and O–H groups in total. The monoisotopic (exact) mass is 363 g/mol. The normalized spacial score (nSPS) is 16.0. The molecule has 8 nitrogen and oxygen atoms in total. The summed E-state index contributed by atoms with van der Waals surface area (Å²) in [6.45, 7) is 2.81. The molecule has 1 aromatic heterocycles. The highest BCUT2D eigenvalue weighted by molar-refractivity contribution is 6.30. The molecule has 0 saturated carbocycles. The van der Waals surface area contributed by atoms with E-state index in [9.17, 15) is 9.59 Å². The molecule has 132 valence electrons. The minimum absolute atomic E-state index is 0.0644. The molecule has 0 radical (unpaired) electrons. The molecular weight excluding hydrogens is 346 g/mol. The second kappa shape index (κ2) is 7.10. The van der Waals surface area contributed by atoms with E-state index >= 15 is 0 Å². The zero-order valence-electron chi connectivity index (χ0n) is 13.9. The lowest BCUT2D eigenvalue weighted by Gasteiger charge is -2.32. The molecule has 1 aliphatic rings. The third-order valence-corrected chi connectivity index (χ3v) is 4.25. The van der Waals surface area contributed by atoms with E-state index in [0.717, 1.165) is 5.56 Å². The molecule has 0 spiro atoms. The Morgan fingerprint density at radius 2 is 2.04 bits per heavy atom. The van der Waals surface area contributed by atoms with Crippen molar-refractivity contribution in [2.45, 2.75) is 13.0 Å². The lowest BCUT2D eigenvalue weighted by Crippen LogP contribution is -2.53. The SMILES string of the molecule is C[C@H](NC(=O)N1CCN(C)C(=O)C1)c1nc(-c2ccc(Cl)cc2)no1. The fraction of sp³-hybridized carbons (Fsp3) is 0.375.